The van der Waals surface area contributed by atoms with Gasteiger partial charge in [0.2, 0.25) is 5.95 Å². The van der Waals surface area contributed by atoms with Crippen molar-refractivity contribution in [2.24, 2.45) is 0 Å². The Balaban J connectivity index is 1.77. The number of hydrogen-bond acceptors (Lipinski definition) is 4. The molecule has 1 unspecified atom stereocenters. The second-order valence-corrected chi connectivity index (χ2v) is 5.55. The summed E-state index contributed by atoms with van der Waals surface area (Å²) in [6.07, 6.45) is 2.97. The Morgan fingerprint density at radius 1 is 1.05 bits per heavy atom. The maximum absolute atomic E-state index is 4.72. The number of nitrogens with zero attached hydrogens (tertiary/aromatic N) is 4. The minimum Gasteiger partial charge on any atom is -0.339 e. The molecule has 0 aliphatic carbocycles. The van der Waals surface area contributed by atoms with Crippen LogP contribution in [0.5, 0.6) is 0 Å². The van der Waals surface area contributed by atoms with Crippen molar-refractivity contribution in [3.63, 3.8) is 0 Å². The summed E-state index contributed by atoms with van der Waals surface area (Å²) in [6, 6.07) is 10.7. The van der Waals surface area contributed by atoms with Gasteiger partial charge in [0.1, 0.15) is 0 Å². The Morgan fingerprint density at radius 3 is 2.52 bits per heavy atom. The van der Waals surface area contributed by atoms with E-state index >= 15 is 0 Å². The van der Waals surface area contributed by atoms with Crippen LogP contribution in [0.3, 0.4) is 0 Å². The summed E-state index contributed by atoms with van der Waals surface area (Å²) in [7, 11) is 0. The summed E-state index contributed by atoms with van der Waals surface area (Å²) in [6.45, 7) is 6.23. The van der Waals surface area contributed by atoms with Crippen molar-refractivity contribution >= 4 is 5.95 Å². The van der Waals surface area contributed by atoms with E-state index in [4.69, 9.17) is 4.98 Å². The van der Waals surface area contributed by atoms with E-state index < -0.39 is 0 Å². The van der Waals surface area contributed by atoms with Crippen LogP contribution in [0.1, 0.15) is 43.1 Å². The predicted molar refractivity (Wildman–Crippen MR) is 84.6 cm³/mol. The van der Waals surface area contributed by atoms with E-state index in [1.54, 1.807) is 0 Å². The Hall–Kier alpha value is -1.97. The van der Waals surface area contributed by atoms with Crippen LogP contribution in [0.15, 0.2) is 30.3 Å². The zero-order valence-electron chi connectivity index (χ0n) is 12.8. The first-order valence-electron chi connectivity index (χ1n) is 7.84. The van der Waals surface area contributed by atoms with Crippen molar-refractivity contribution in [3.8, 4) is 0 Å². The van der Waals surface area contributed by atoms with Crippen LogP contribution in [-0.4, -0.2) is 28.3 Å². The third-order valence-corrected chi connectivity index (χ3v) is 4.24. The lowest BCUT2D eigenvalue weighted by Gasteiger charge is -2.17. The fourth-order valence-electron chi connectivity index (χ4n) is 3.00. The number of anilines is 1. The summed E-state index contributed by atoms with van der Waals surface area (Å²) in [5, 5.41) is 8.69. The summed E-state index contributed by atoms with van der Waals surface area (Å²) in [5.74, 6) is 1.37. The molecule has 1 fully saturated rings. The minimum absolute atomic E-state index is 0.575. The Kier molecular flexibility index (Phi) is 4.13. The molecule has 3 rings (SSSR count). The summed E-state index contributed by atoms with van der Waals surface area (Å²) in [4.78, 5) is 6.99. The second-order valence-electron chi connectivity index (χ2n) is 5.55. The van der Waals surface area contributed by atoms with Crippen LogP contribution in [0.4, 0.5) is 5.95 Å². The number of benzene rings is 1. The smallest absolute Gasteiger partial charge is 0.245 e. The molecule has 0 radical (unpaired) electrons. The van der Waals surface area contributed by atoms with Crippen molar-refractivity contribution in [3.05, 3.63) is 47.3 Å². The van der Waals surface area contributed by atoms with Crippen molar-refractivity contribution in [1.29, 1.82) is 0 Å². The number of hydrogen-bond donors (Lipinski definition) is 0. The molecule has 1 aliphatic rings. The molecule has 0 saturated carbocycles. The zero-order valence-corrected chi connectivity index (χ0v) is 12.8. The van der Waals surface area contributed by atoms with E-state index in [-0.39, 0.29) is 0 Å². The molecule has 0 bridgehead atoms. The van der Waals surface area contributed by atoms with E-state index in [0.717, 1.165) is 49.7 Å². The fourth-order valence-corrected chi connectivity index (χ4v) is 3.00. The van der Waals surface area contributed by atoms with Gasteiger partial charge in [-0.1, -0.05) is 44.2 Å². The first-order chi connectivity index (χ1) is 10.3. The van der Waals surface area contributed by atoms with Crippen molar-refractivity contribution < 1.29 is 0 Å². The van der Waals surface area contributed by atoms with E-state index in [1.165, 1.54) is 5.56 Å². The molecule has 1 aromatic heterocycles. The molecular formula is C17H22N4. The highest BCUT2D eigenvalue weighted by atomic mass is 15.3. The standard InChI is InChI=1S/C17H22N4/c1-3-15-16(4-2)19-20-17(18-15)21-11-10-14(12-21)13-8-6-5-7-9-13/h5-9,14H,3-4,10-12H2,1-2H3. The lowest BCUT2D eigenvalue weighted by molar-refractivity contribution is 0.759. The molecule has 0 N–H and O–H groups in total. The van der Waals surface area contributed by atoms with Gasteiger partial charge in [-0.25, -0.2) is 4.98 Å². The molecule has 21 heavy (non-hydrogen) atoms. The van der Waals surface area contributed by atoms with E-state index in [1.807, 2.05) is 0 Å². The third-order valence-electron chi connectivity index (χ3n) is 4.24. The second kappa shape index (κ2) is 6.20. The quantitative estimate of drug-likeness (QED) is 0.864. The highest BCUT2D eigenvalue weighted by Gasteiger charge is 2.26. The fraction of sp³-hybridized carbons (Fsp3) is 0.471. The van der Waals surface area contributed by atoms with Gasteiger partial charge in [-0.05, 0) is 24.8 Å². The molecule has 0 amide bonds. The molecule has 2 aromatic rings. The van der Waals surface area contributed by atoms with Crippen LogP contribution in [0.25, 0.3) is 0 Å². The largest absolute Gasteiger partial charge is 0.339 e. The number of rotatable bonds is 4. The average Bonchev–Trinajstić information content (AvgIpc) is 3.05. The van der Waals surface area contributed by atoms with Crippen molar-refractivity contribution in [2.75, 3.05) is 18.0 Å². The van der Waals surface area contributed by atoms with Gasteiger partial charge in [0.25, 0.3) is 0 Å². The van der Waals surface area contributed by atoms with Crippen molar-refractivity contribution in [1.82, 2.24) is 15.2 Å². The average molecular weight is 282 g/mol. The lowest BCUT2D eigenvalue weighted by atomic mass is 9.99. The van der Waals surface area contributed by atoms with Crippen LogP contribution in [0, 0.1) is 0 Å². The van der Waals surface area contributed by atoms with Crippen molar-refractivity contribution in [2.45, 2.75) is 39.0 Å². The van der Waals surface area contributed by atoms with Crippen LogP contribution >= 0.6 is 0 Å². The van der Waals surface area contributed by atoms with Gasteiger partial charge in [0.15, 0.2) is 0 Å². The molecular weight excluding hydrogens is 260 g/mol. The van der Waals surface area contributed by atoms with Gasteiger partial charge >= 0.3 is 0 Å². The first kappa shape index (κ1) is 14.0. The minimum atomic E-state index is 0.575. The summed E-state index contributed by atoms with van der Waals surface area (Å²) >= 11 is 0. The topological polar surface area (TPSA) is 41.9 Å². The van der Waals surface area contributed by atoms with E-state index in [0.29, 0.717) is 5.92 Å². The summed E-state index contributed by atoms with van der Waals surface area (Å²) < 4.78 is 0. The molecule has 4 heteroatoms. The maximum Gasteiger partial charge on any atom is 0.245 e. The monoisotopic (exact) mass is 282 g/mol. The lowest BCUT2D eigenvalue weighted by Crippen LogP contribution is -2.23. The Bertz CT molecular complexity index is 597. The normalized spacial score (nSPS) is 18.2. The molecule has 1 saturated heterocycles. The SMILES string of the molecule is CCc1nnc(N2CCC(c3ccccc3)C2)nc1CC. The molecule has 1 aliphatic heterocycles. The molecule has 4 nitrogen and oxygen atoms in total. The number of aromatic nitrogens is 3. The maximum atomic E-state index is 4.72. The predicted octanol–water partition coefficient (Wildman–Crippen LogP) is 2.99. The number of aryl methyl sites for hydroxylation is 2. The summed E-state index contributed by atoms with van der Waals surface area (Å²) in [5.41, 5.74) is 3.53. The van der Waals surface area contributed by atoms with E-state index in [9.17, 15) is 0 Å². The first-order valence-corrected chi connectivity index (χ1v) is 7.84. The highest BCUT2D eigenvalue weighted by molar-refractivity contribution is 5.35. The molecule has 110 valence electrons. The van der Waals surface area contributed by atoms with Gasteiger partial charge in [-0.15, -0.1) is 5.10 Å². The van der Waals surface area contributed by atoms with Gasteiger partial charge in [-0.2, -0.15) is 5.10 Å². The Labute approximate surface area is 126 Å². The van der Waals surface area contributed by atoms with Gasteiger partial charge in [-0.3, -0.25) is 0 Å². The van der Waals surface area contributed by atoms with Gasteiger partial charge in [0, 0.05) is 19.0 Å². The Morgan fingerprint density at radius 2 is 1.81 bits per heavy atom. The highest BCUT2D eigenvalue weighted by Crippen LogP contribution is 2.29. The molecule has 2 heterocycles. The van der Waals surface area contributed by atoms with Crippen LogP contribution in [0.2, 0.25) is 0 Å². The molecule has 0 spiro atoms. The van der Waals surface area contributed by atoms with E-state index in [2.05, 4.69) is 59.3 Å². The third kappa shape index (κ3) is 2.89. The zero-order chi connectivity index (χ0) is 14.7. The van der Waals surface area contributed by atoms with Gasteiger partial charge in [0.05, 0.1) is 11.4 Å². The van der Waals surface area contributed by atoms with Gasteiger partial charge < -0.3 is 4.90 Å². The van der Waals surface area contributed by atoms with Crippen LogP contribution < -0.4 is 4.90 Å². The molecule has 1 atom stereocenters. The molecule has 1 aromatic carbocycles. The van der Waals surface area contributed by atoms with Crippen LogP contribution in [-0.2, 0) is 12.8 Å².